The number of benzene rings is 2. The maximum atomic E-state index is 11.4. The van der Waals surface area contributed by atoms with Crippen molar-refractivity contribution in [2.24, 2.45) is 0 Å². The molecule has 0 saturated heterocycles. The van der Waals surface area contributed by atoms with Gasteiger partial charge in [0.15, 0.2) is 0 Å². The number of aliphatic carboxylic acids is 1. The van der Waals surface area contributed by atoms with Crippen LogP contribution in [0.3, 0.4) is 0 Å². The van der Waals surface area contributed by atoms with Gasteiger partial charge in [-0.15, -0.1) is 11.3 Å². The molecule has 0 fully saturated rings. The molecule has 0 aliphatic carbocycles. The van der Waals surface area contributed by atoms with Gasteiger partial charge in [-0.05, 0) is 23.1 Å². The first-order chi connectivity index (χ1) is 16.0. The van der Waals surface area contributed by atoms with Gasteiger partial charge in [0, 0.05) is 30.2 Å². The number of carbonyl (C=O) groups is 1. The molecule has 4 aromatic rings. The standard InChI is InChI=1S/C26H24ClN3O2S/c1-2-3-8-24-29-22(21(14-25(31)32)26(27)30-24)13-17-9-11-18(12-10-17)19-6-4-5-7-20(19)23-15-28-16-33-23/h4-7,9-12,15-16H,2-3,8,13-14H2,1H3,(H,31,32). The van der Waals surface area contributed by atoms with E-state index in [9.17, 15) is 9.90 Å². The Morgan fingerprint density at radius 1 is 1.06 bits per heavy atom. The molecule has 4 rings (SSSR count). The first-order valence-corrected chi connectivity index (χ1v) is 12.1. The summed E-state index contributed by atoms with van der Waals surface area (Å²) in [6.07, 6.45) is 4.91. The number of hydrogen-bond acceptors (Lipinski definition) is 5. The minimum absolute atomic E-state index is 0.192. The molecule has 0 unspecified atom stereocenters. The molecule has 2 aromatic heterocycles. The van der Waals surface area contributed by atoms with Crippen molar-refractivity contribution in [1.82, 2.24) is 15.0 Å². The highest BCUT2D eigenvalue weighted by molar-refractivity contribution is 7.13. The molecular weight excluding hydrogens is 454 g/mol. The van der Waals surface area contributed by atoms with E-state index >= 15 is 0 Å². The van der Waals surface area contributed by atoms with E-state index in [1.54, 1.807) is 11.3 Å². The van der Waals surface area contributed by atoms with Gasteiger partial charge in [0.05, 0.1) is 22.5 Å². The Bertz CT molecular complexity index is 1240. The number of aromatic nitrogens is 3. The second-order valence-electron chi connectivity index (χ2n) is 7.81. The lowest BCUT2D eigenvalue weighted by Gasteiger charge is -2.12. The number of carboxylic acids is 1. The maximum absolute atomic E-state index is 11.4. The van der Waals surface area contributed by atoms with Gasteiger partial charge in [-0.3, -0.25) is 9.78 Å². The van der Waals surface area contributed by atoms with E-state index in [1.165, 1.54) is 0 Å². The van der Waals surface area contributed by atoms with Crippen LogP contribution in [0.5, 0.6) is 0 Å². The zero-order chi connectivity index (χ0) is 23.2. The number of thiazole rings is 1. The van der Waals surface area contributed by atoms with E-state index in [2.05, 4.69) is 58.3 Å². The van der Waals surface area contributed by atoms with Crippen LogP contribution in [0.4, 0.5) is 0 Å². The highest BCUT2D eigenvalue weighted by Gasteiger charge is 2.17. The summed E-state index contributed by atoms with van der Waals surface area (Å²) in [5, 5.41) is 9.58. The molecule has 0 spiro atoms. The normalized spacial score (nSPS) is 11.0. The molecule has 0 radical (unpaired) electrons. The summed E-state index contributed by atoms with van der Waals surface area (Å²) in [7, 11) is 0. The number of hydrogen-bond donors (Lipinski definition) is 1. The fourth-order valence-corrected chi connectivity index (χ4v) is 4.70. The number of nitrogens with zero attached hydrogens (tertiary/aromatic N) is 3. The van der Waals surface area contributed by atoms with Crippen LogP contribution in [0.2, 0.25) is 5.15 Å². The average Bonchev–Trinajstić information content (AvgIpc) is 3.35. The van der Waals surface area contributed by atoms with Gasteiger partial charge < -0.3 is 5.11 Å². The van der Waals surface area contributed by atoms with Crippen LogP contribution in [0, 0.1) is 0 Å². The summed E-state index contributed by atoms with van der Waals surface area (Å²) in [5.74, 6) is -0.279. The van der Waals surface area contributed by atoms with Crippen LogP contribution >= 0.6 is 22.9 Å². The van der Waals surface area contributed by atoms with Crippen LogP contribution in [0.15, 0.2) is 60.2 Å². The number of carboxylic acid groups (broad SMARTS) is 1. The third kappa shape index (κ3) is 5.64. The fourth-order valence-electron chi connectivity index (χ4n) is 3.76. The molecule has 5 nitrogen and oxygen atoms in total. The van der Waals surface area contributed by atoms with Crippen molar-refractivity contribution >= 4 is 28.9 Å². The van der Waals surface area contributed by atoms with E-state index < -0.39 is 5.97 Å². The Labute approximate surface area is 202 Å². The summed E-state index contributed by atoms with van der Waals surface area (Å²) < 4.78 is 0. The van der Waals surface area contributed by atoms with E-state index in [1.807, 2.05) is 23.8 Å². The molecule has 0 saturated carbocycles. The largest absolute Gasteiger partial charge is 0.481 e. The van der Waals surface area contributed by atoms with Crippen molar-refractivity contribution in [3.63, 3.8) is 0 Å². The van der Waals surface area contributed by atoms with Crippen molar-refractivity contribution in [2.75, 3.05) is 0 Å². The lowest BCUT2D eigenvalue weighted by Crippen LogP contribution is -2.11. The van der Waals surface area contributed by atoms with Crippen LogP contribution in [0.1, 0.15) is 42.4 Å². The number of halogens is 1. The van der Waals surface area contributed by atoms with Crippen LogP contribution in [0.25, 0.3) is 21.6 Å². The number of rotatable bonds is 9. The first-order valence-electron chi connectivity index (χ1n) is 10.9. The zero-order valence-electron chi connectivity index (χ0n) is 18.3. The molecule has 168 valence electrons. The Kier molecular flexibility index (Phi) is 7.47. The first kappa shape index (κ1) is 23.1. The smallest absolute Gasteiger partial charge is 0.308 e. The molecule has 0 aliphatic rings. The molecule has 0 atom stereocenters. The molecule has 1 N–H and O–H groups in total. The van der Waals surface area contributed by atoms with E-state index in [0.29, 0.717) is 23.5 Å². The van der Waals surface area contributed by atoms with Gasteiger partial charge in [-0.2, -0.15) is 0 Å². The molecular formula is C26H24ClN3O2S. The molecule has 2 aromatic carbocycles. The Morgan fingerprint density at radius 3 is 2.48 bits per heavy atom. The lowest BCUT2D eigenvalue weighted by molar-refractivity contribution is -0.136. The highest BCUT2D eigenvalue weighted by Crippen LogP contribution is 2.34. The van der Waals surface area contributed by atoms with Crippen LogP contribution < -0.4 is 0 Å². The summed E-state index contributed by atoms with van der Waals surface area (Å²) in [6.45, 7) is 2.11. The molecule has 0 amide bonds. The summed E-state index contributed by atoms with van der Waals surface area (Å²) in [6, 6.07) is 16.6. The monoisotopic (exact) mass is 477 g/mol. The van der Waals surface area contributed by atoms with Crippen molar-refractivity contribution in [3.8, 4) is 21.6 Å². The second kappa shape index (κ2) is 10.7. The highest BCUT2D eigenvalue weighted by atomic mass is 35.5. The SMILES string of the molecule is CCCCc1nc(Cl)c(CC(=O)O)c(Cc2ccc(-c3ccccc3-c3cncs3)cc2)n1. The molecule has 33 heavy (non-hydrogen) atoms. The lowest BCUT2D eigenvalue weighted by atomic mass is 9.96. The van der Waals surface area contributed by atoms with E-state index in [0.717, 1.165) is 46.4 Å². The zero-order valence-corrected chi connectivity index (χ0v) is 19.9. The quantitative estimate of drug-likeness (QED) is 0.279. The van der Waals surface area contributed by atoms with E-state index in [4.69, 9.17) is 11.6 Å². The summed E-state index contributed by atoms with van der Waals surface area (Å²) in [4.78, 5) is 25.8. The topological polar surface area (TPSA) is 76.0 Å². The summed E-state index contributed by atoms with van der Waals surface area (Å²) in [5.41, 5.74) is 7.46. The molecule has 2 heterocycles. The van der Waals surface area contributed by atoms with Gasteiger partial charge in [0.1, 0.15) is 11.0 Å². The second-order valence-corrected chi connectivity index (χ2v) is 9.06. The predicted molar refractivity (Wildman–Crippen MR) is 133 cm³/mol. The van der Waals surface area contributed by atoms with Crippen molar-refractivity contribution < 1.29 is 9.90 Å². The molecule has 0 bridgehead atoms. The van der Waals surface area contributed by atoms with Gasteiger partial charge in [-0.25, -0.2) is 9.97 Å². The number of unbranched alkanes of at least 4 members (excludes halogenated alkanes) is 1. The molecule has 7 heteroatoms. The third-order valence-corrected chi connectivity index (χ3v) is 6.55. The summed E-state index contributed by atoms with van der Waals surface area (Å²) >= 11 is 8.00. The minimum atomic E-state index is -0.946. The van der Waals surface area contributed by atoms with Gasteiger partial charge in [0.25, 0.3) is 0 Å². The van der Waals surface area contributed by atoms with Gasteiger partial charge >= 0.3 is 5.97 Å². The Hall–Kier alpha value is -3.09. The van der Waals surface area contributed by atoms with Crippen LogP contribution in [-0.2, 0) is 24.1 Å². The number of aryl methyl sites for hydroxylation is 1. The van der Waals surface area contributed by atoms with Crippen molar-refractivity contribution in [3.05, 3.63) is 88.0 Å². The minimum Gasteiger partial charge on any atom is -0.481 e. The van der Waals surface area contributed by atoms with Crippen LogP contribution in [-0.4, -0.2) is 26.0 Å². The van der Waals surface area contributed by atoms with Gasteiger partial charge in [-0.1, -0.05) is 73.5 Å². The maximum Gasteiger partial charge on any atom is 0.308 e. The van der Waals surface area contributed by atoms with Gasteiger partial charge in [0.2, 0.25) is 0 Å². The predicted octanol–water partition coefficient (Wildman–Crippen LogP) is 6.48. The Morgan fingerprint density at radius 2 is 1.82 bits per heavy atom. The molecule has 0 aliphatic heterocycles. The third-order valence-electron chi connectivity index (χ3n) is 5.43. The van der Waals surface area contributed by atoms with Crippen molar-refractivity contribution in [1.29, 1.82) is 0 Å². The Balaban J connectivity index is 1.64. The van der Waals surface area contributed by atoms with E-state index in [-0.39, 0.29) is 11.6 Å². The fraction of sp³-hybridized carbons (Fsp3) is 0.231. The van der Waals surface area contributed by atoms with Crippen molar-refractivity contribution in [2.45, 2.75) is 39.0 Å². The average molecular weight is 478 g/mol.